The van der Waals surface area contributed by atoms with Crippen molar-refractivity contribution in [2.24, 2.45) is 0 Å². The minimum Gasteiger partial charge on any atom is -0.493 e. The van der Waals surface area contributed by atoms with E-state index >= 15 is 0 Å². The summed E-state index contributed by atoms with van der Waals surface area (Å²) in [6, 6.07) is 16.2. The van der Waals surface area contributed by atoms with Gasteiger partial charge >= 0.3 is 0 Å². The van der Waals surface area contributed by atoms with Crippen LogP contribution in [0.4, 0.5) is 0 Å². The molecule has 6 nitrogen and oxygen atoms in total. The van der Waals surface area contributed by atoms with Crippen molar-refractivity contribution in [3.8, 4) is 28.5 Å². The van der Waals surface area contributed by atoms with E-state index in [2.05, 4.69) is 33.0 Å². The zero-order valence-corrected chi connectivity index (χ0v) is 23.8. The van der Waals surface area contributed by atoms with Crippen molar-refractivity contribution in [2.75, 3.05) is 47.5 Å². The van der Waals surface area contributed by atoms with Gasteiger partial charge in [-0.1, -0.05) is 29.8 Å². The summed E-state index contributed by atoms with van der Waals surface area (Å²) in [5.74, 6) is 1.82. The van der Waals surface area contributed by atoms with Crippen LogP contribution in [0.3, 0.4) is 0 Å². The summed E-state index contributed by atoms with van der Waals surface area (Å²) in [7, 11) is 4.85. The number of methoxy groups -OCH3 is 3. The topological polar surface area (TPSA) is 47.1 Å². The number of ether oxygens (including phenoxy) is 3. The number of rotatable bonds is 8. The van der Waals surface area contributed by atoms with E-state index in [1.165, 1.54) is 11.1 Å². The lowest BCUT2D eigenvalue weighted by atomic mass is 10.1. The molecule has 3 aromatic rings. The number of hydrogen-bond donors (Lipinski definition) is 0. The van der Waals surface area contributed by atoms with Gasteiger partial charge in [0.25, 0.3) is 0 Å². The normalized spacial score (nSPS) is 13.6. The van der Waals surface area contributed by atoms with Crippen LogP contribution in [0.2, 0.25) is 5.02 Å². The third-order valence-electron chi connectivity index (χ3n) is 6.01. The number of halogens is 4. The van der Waals surface area contributed by atoms with Crippen molar-refractivity contribution in [2.45, 2.75) is 13.1 Å². The van der Waals surface area contributed by atoms with Crippen LogP contribution in [0, 0.1) is 0 Å². The first kappa shape index (κ1) is 32.1. The van der Waals surface area contributed by atoms with Gasteiger partial charge in [-0.05, 0) is 41.5 Å². The van der Waals surface area contributed by atoms with E-state index in [1.807, 2.05) is 36.5 Å². The van der Waals surface area contributed by atoms with E-state index in [4.69, 9.17) is 25.8 Å². The van der Waals surface area contributed by atoms with Crippen molar-refractivity contribution in [1.29, 1.82) is 0 Å². The van der Waals surface area contributed by atoms with Gasteiger partial charge in [0, 0.05) is 56.1 Å². The molecule has 1 aliphatic rings. The number of nitrogens with zero attached hydrogens (tertiary/aromatic N) is 3. The van der Waals surface area contributed by atoms with Crippen LogP contribution in [0.25, 0.3) is 11.3 Å². The monoisotopic (exact) mass is 575 g/mol. The second-order valence-corrected chi connectivity index (χ2v) is 8.51. The molecule has 0 bridgehead atoms. The summed E-state index contributed by atoms with van der Waals surface area (Å²) in [6.45, 7) is 5.87. The van der Waals surface area contributed by atoms with Crippen LogP contribution < -0.4 is 14.2 Å². The van der Waals surface area contributed by atoms with E-state index in [0.717, 1.165) is 55.5 Å². The van der Waals surface area contributed by atoms with Gasteiger partial charge in [-0.2, -0.15) is 0 Å². The van der Waals surface area contributed by atoms with Crippen molar-refractivity contribution >= 4 is 48.8 Å². The molecule has 1 fully saturated rings. The molecule has 10 heteroatoms. The number of benzene rings is 2. The van der Waals surface area contributed by atoms with E-state index in [0.29, 0.717) is 17.2 Å². The first-order valence-corrected chi connectivity index (χ1v) is 11.4. The minimum atomic E-state index is 0. The fourth-order valence-electron chi connectivity index (χ4n) is 4.19. The number of piperazine rings is 1. The van der Waals surface area contributed by atoms with Gasteiger partial charge < -0.3 is 14.2 Å². The largest absolute Gasteiger partial charge is 0.493 e. The first-order chi connectivity index (χ1) is 16.1. The quantitative estimate of drug-likeness (QED) is 0.327. The van der Waals surface area contributed by atoms with Gasteiger partial charge in [-0.15, -0.1) is 37.2 Å². The molecule has 0 aliphatic carbocycles. The zero-order valence-electron chi connectivity index (χ0n) is 20.6. The fraction of sp³-hybridized carbons (Fsp3) is 0.346. The van der Waals surface area contributed by atoms with Gasteiger partial charge in [0.1, 0.15) is 0 Å². The maximum Gasteiger partial charge on any atom is 0.203 e. The van der Waals surface area contributed by atoms with E-state index in [-0.39, 0.29) is 37.2 Å². The SMILES string of the molecule is COc1cc(-c2cc(CN3CCN(Cc4ccccc4Cl)CC3)ccn2)cc(OC)c1OC.Cl.Cl.Cl. The molecule has 198 valence electrons. The highest BCUT2D eigenvalue weighted by Crippen LogP contribution is 2.40. The second kappa shape index (κ2) is 15.4. The Labute approximate surface area is 237 Å². The van der Waals surface area contributed by atoms with E-state index < -0.39 is 0 Å². The van der Waals surface area contributed by atoms with Gasteiger partial charge in [0.15, 0.2) is 11.5 Å². The van der Waals surface area contributed by atoms with Crippen LogP contribution in [0.1, 0.15) is 11.1 Å². The van der Waals surface area contributed by atoms with Gasteiger partial charge in [0.2, 0.25) is 5.75 Å². The van der Waals surface area contributed by atoms with Gasteiger partial charge in [-0.25, -0.2) is 0 Å². The van der Waals surface area contributed by atoms with Crippen molar-refractivity contribution in [3.05, 3.63) is 70.9 Å². The fourth-order valence-corrected chi connectivity index (χ4v) is 4.39. The lowest BCUT2D eigenvalue weighted by Gasteiger charge is -2.35. The molecule has 1 aliphatic heterocycles. The Kier molecular flexibility index (Phi) is 13.7. The maximum atomic E-state index is 6.33. The molecule has 2 aromatic carbocycles. The highest BCUT2D eigenvalue weighted by molar-refractivity contribution is 6.31. The van der Waals surface area contributed by atoms with Crippen LogP contribution in [-0.4, -0.2) is 62.3 Å². The van der Waals surface area contributed by atoms with Crippen LogP contribution in [0.15, 0.2) is 54.7 Å². The van der Waals surface area contributed by atoms with Gasteiger partial charge in [0.05, 0.1) is 27.0 Å². The maximum absolute atomic E-state index is 6.33. The lowest BCUT2D eigenvalue weighted by molar-refractivity contribution is 0.122. The molecule has 1 saturated heterocycles. The Morgan fingerprint density at radius 3 is 1.92 bits per heavy atom. The average Bonchev–Trinajstić information content (AvgIpc) is 2.85. The Morgan fingerprint density at radius 2 is 1.36 bits per heavy atom. The third kappa shape index (κ3) is 7.78. The molecule has 1 aromatic heterocycles. The van der Waals surface area contributed by atoms with Crippen LogP contribution in [-0.2, 0) is 13.1 Å². The Bertz CT molecular complexity index is 1070. The number of aromatic nitrogens is 1. The standard InChI is InChI=1S/C26H30ClN3O3.3ClH/c1-31-24-15-21(16-25(32-2)26(24)33-3)23-14-19(8-9-28-23)17-29-10-12-30(13-11-29)18-20-6-4-5-7-22(20)27;;;/h4-9,14-16H,10-13,17-18H2,1-3H3;3*1H. The Hall–Kier alpha value is -1.93. The minimum absolute atomic E-state index is 0. The molecule has 0 spiro atoms. The predicted molar refractivity (Wildman–Crippen MR) is 153 cm³/mol. The first-order valence-electron chi connectivity index (χ1n) is 11.0. The number of pyridine rings is 1. The molecule has 0 N–H and O–H groups in total. The Morgan fingerprint density at radius 1 is 0.778 bits per heavy atom. The number of hydrogen-bond acceptors (Lipinski definition) is 6. The average molecular weight is 577 g/mol. The predicted octanol–water partition coefficient (Wildman–Crippen LogP) is 6.01. The lowest BCUT2D eigenvalue weighted by Crippen LogP contribution is -2.45. The van der Waals surface area contributed by atoms with Crippen LogP contribution in [0.5, 0.6) is 17.2 Å². The highest BCUT2D eigenvalue weighted by atomic mass is 35.5. The second-order valence-electron chi connectivity index (χ2n) is 8.11. The molecule has 36 heavy (non-hydrogen) atoms. The summed E-state index contributed by atoms with van der Waals surface area (Å²) >= 11 is 6.33. The molecule has 0 atom stereocenters. The Balaban J connectivity index is 0.00000216. The summed E-state index contributed by atoms with van der Waals surface area (Å²) in [4.78, 5) is 9.53. The smallest absolute Gasteiger partial charge is 0.203 e. The zero-order chi connectivity index (χ0) is 23.2. The molecule has 0 amide bonds. The van der Waals surface area contributed by atoms with Crippen molar-refractivity contribution in [1.82, 2.24) is 14.8 Å². The highest BCUT2D eigenvalue weighted by Gasteiger charge is 2.19. The molecule has 0 saturated carbocycles. The van der Waals surface area contributed by atoms with Gasteiger partial charge in [-0.3, -0.25) is 14.8 Å². The molecule has 0 unspecified atom stereocenters. The third-order valence-corrected chi connectivity index (χ3v) is 6.38. The van der Waals surface area contributed by atoms with E-state index in [1.54, 1.807) is 21.3 Å². The molecule has 4 rings (SSSR count). The summed E-state index contributed by atoms with van der Waals surface area (Å²) in [6.07, 6.45) is 1.86. The molecule has 0 radical (unpaired) electrons. The van der Waals surface area contributed by atoms with Crippen LogP contribution >= 0.6 is 48.8 Å². The molecule has 2 heterocycles. The van der Waals surface area contributed by atoms with E-state index in [9.17, 15) is 0 Å². The molecular formula is C26H33Cl4N3O3. The molecular weight excluding hydrogens is 544 g/mol. The summed E-state index contributed by atoms with van der Waals surface area (Å²) in [5.41, 5.74) is 4.23. The summed E-state index contributed by atoms with van der Waals surface area (Å²) < 4.78 is 16.4. The van der Waals surface area contributed by atoms with Crippen molar-refractivity contribution in [3.63, 3.8) is 0 Å². The van der Waals surface area contributed by atoms with Crippen molar-refractivity contribution < 1.29 is 14.2 Å². The summed E-state index contributed by atoms with van der Waals surface area (Å²) in [5, 5.41) is 0.844.